The number of benzene rings is 1. The van der Waals surface area contributed by atoms with Gasteiger partial charge in [-0.1, -0.05) is 18.2 Å². The maximum absolute atomic E-state index is 10.3. The van der Waals surface area contributed by atoms with Crippen LogP contribution in [0.4, 0.5) is 0 Å². The average Bonchev–Trinajstić information content (AvgIpc) is 2.15. The van der Waals surface area contributed by atoms with Crippen LogP contribution in [0.5, 0.6) is 0 Å². The lowest BCUT2D eigenvalue weighted by Gasteiger charge is -2.08. The molecule has 0 heterocycles. The third kappa shape index (κ3) is 3.96. The highest BCUT2D eigenvalue weighted by Gasteiger charge is 2.03. The predicted molar refractivity (Wildman–Crippen MR) is 64.3 cm³/mol. The van der Waals surface area contributed by atoms with Gasteiger partial charge in [-0.3, -0.25) is 4.79 Å². The van der Waals surface area contributed by atoms with Crippen molar-refractivity contribution in [1.82, 2.24) is 0 Å². The summed E-state index contributed by atoms with van der Waals surface area (Å²) in [5.41, 5.74) is 3.92. The Hall–Kier alpha value is -0.960. The first-order chi connectivity index (χ1) is 7.11. The second-order valence-electron chi connectivity index (χ2n) is 3.57. The number of aryl methyl sites for hydroxylation is 2. The average molecular weight is 224 g/mol. The molecule has 15 heavy (non-hydrogen) atoms. The molecule has 0 saturated carbocycles. The van der Waals surface area contributed by atoms with Crippen LogP contribution in [0, 0.1) is 13.8 Å². The quantitative estimate of drug-likeness (QED) is 0.781. The number of rotatable bonds is 5. The minimum absolute atomic E-state index is 0.246. The van der Waals surface area contributed by atoms with E-state index in [0.29, 0.717) is 5.75 Å². The number of hydrogen-bond donors (Lipinski definition) is 1. The van der Waals surface area contributed by atoms with Crippen LogP contribution >= 0.6 is 11.8 Å². The summed E-state index contributed by atoms with van der Waals surface area (Å²) in [7, 11) is 0. The van der Waals surface area contributed by atoms with Gasteiger partial charge >= 0.3 is 5.97 Å². The minimum atomic E-state index is -0.719. The van der Waals surface area contributed by atoms with E-state index in [4.69, 9.17) is 5.11 Å². The molecule has 0 spiro atoms. The highest BCUT2D eigenvalue weighted by atomic mass is 32.2. The Morgan fingerprint density at radius 3 is 2.47 bits per heavy atom. The molecule has 1 aromatic carbocycles. The maximum atomic E-state index is 10.3. The van der Waals surface area contributed by atoms with Gasteiger partial charge < -0.3 is 5.11 Å². The summed E-state index contributed by atoms with van der Waals surface area (Å²) in [5.74, 6) is 0.874. The summed E-state index contributed by atoms with van der Waals surface area (Å²) in [5, 5.41) is 8.51. The lowest BCUT2D eigenvalue weighted by atomic mass is 10.1. The van der Waals surface area contributed by atoms with Crippen LogP contribution in [-0.4, -0.2) is 16.8 Å². The molecule has 0 aliphatic rings. The summed E-state index contributed by atoms with van der Waals surface area (Å²) in [6.07, 6.45) is 0.246. The molecule has 1 rings (SSSR count). The molecule has 1 aromatic rings. The van der Waals surface area contributed by atoms with Gasteiger partial charge in [0, 0.05) is 11.5 Å². The summed E-state index contributed by atoms with van der Waals surface area (Å²) in [6, 6.07) is 6.25. The first-order valence-corrected chi connectivity index (χ1v) is 6.11. The smallest absolute Gasteiger partial charge is 0.304 e. The van der Waals surface area contributed by atoms with E-state index in [-0.39, 0.29) is 6.42 Å². The molecule has 2 nitrogen and oxygen atoms in total. The van der Waals surface area contributed by atoms with Crippen molar-refractivity contribution in [3.63, 3.8) is 0 Å². The molecule has 3 heteroatoms. The molecule has 0 atom stereocenters. The second-order valence-corrected chi connectivity index (χ2v) is 4.67. The lowest BCUT2D eigenvalue weighted by Crippen LogP contribution is -1.97. The van der Waals surface area contributed by atoms with Crippen molar-refractivity contribution in [2.24, 2.45) is 0 Å². The molecular formula is C12H16O2S. The van der Waals surface area contributed by atoms with Crippen molar-refractivity contribution < 1.29 is 9.90 Å². The molecule has 0 unspecified atom stereocenters. The van der Waals surface area contributed by atoms with Crippen molar-refractivity contribution in [2.75, 3.05) is 5.75 Å². The predicted octanol–water partition coefficient (Wildman–Crippen LogP) is 3.01. The molecule has 0 radical (unpaired) electrons. The summed E-state index contributed by atoms with van der Waals surface area (Å²) in [6.45, 7) is 4.19. The highest BCUT2D eigenvalue weighted by molar-refractivity contribution is 7.98. The normalized spacial score (nSPS) is 10.3. The fraction of sp³-hybridized carbons (Fsp3) is 0.417. The monoisotopic (exact) mass is 224 g/mol. The van der Waals surface area contributed by atoms with E-state index in [1.165, 1.54) is 16.7 Å². The molecule has 0 fully saturated rings. The van der Waals surface area contributed by atoms with Gasteiger partial charge in [-0.25, -0.2) is 0 Å². The fourth-order valence-corrected chi connectivity index (χ4v) is 2.53. The number of aliphatic carboxylic acids is 1. The van der Waals surface area contributed by atoms with Crippen LogP contribution in [0.1, 0.15) is 23.1 Å². The molecule has 0 aromatic heterocycles. The fourth-order valence-electron chi connectivity index (χ4n) is 1.41. The van der Waals surface area contributed by atoms with Crippen LogP contribution in [0.15, 0.2) is 18.2 Å². The first kappa shape index (κ1) is 12.1. The highest BCUT2D eigenvalue weighted by Crippen LogP contribution is 2.20. The molecule has 82 valence electrons. The Kier molecular flexibility index (Phi) is 4.69. The van der Waals surface area contributed by atoms with Gasteiger partial charge in [-0.05, 0) is 30.5 Å². The Morgan fingerprint density at radius 1 is 1.33 bits per heavy atom. The van der Waals surface area contributed by atoms with E-state index in [9.17, 15) is 4.79 Å². The summed E-state index contributed by atoms with van der Waals surface area (Å²) in [4.78, 5) is 10.3. The van der Waals surface area contributed by atoms with Gasteiger partial charge in [0.05, 0.1) is 6.42 Å². The molecule has 1 N–H and O–H groups in total. The summed E-state index contributed by atoms with van der Waals surface area (Å²) < 4.78 is 0. The standard InChI is InChI=1S/C12H16O2S/c1-9-4-3-5-10(2)11(9)8-15-7-6-12(13)14/h3-5H,6-8H2,1-2H3,(H,13,14). The maximum Gasteiger partial charge on any atom is 0.304 e. The van der Waals surface area contributed by atoms with Crippen molar-refractivity contribution in [1.29, 1.82) is 0 Å². The van der Waals surface area contributed by atoms with Crippen LogP contribution in [0.25, 0.3) is 0 Å². The van der Waals surface area contributed by atoms with Crippen molar-refractivity contribution in [3.8, 4) is 0 Å². The number of hydrogen-bond acceptors (Lipinski definition) is 2. The number of carboxylic acid groups (broad SMARTS) is 1. The topological polar surface area (TPSA) is 37.3 Å². The summed E-state index contributed by atoms with van der Waals surface area (Å²) >= 11 is 1.68. The van der Waals surface area contributed by atoms with E-state index in [0.717, 1.165) is 5.75 Å². The molecule has 0 amide bonds. The second kappa shape index (κ2) is 5.81. The van der Waals surface area contributed by atoms with E-state index < -0.39 is 5.97 Å². The zero-order valence-electron chi connectivity index (χ0n) is 9.12. The Balaban J connectivity index is 2.47. The Bertz CT molecular complexity index is 327. The van der Waals surface area contributed by atoms with Gasteiger partial charge in [0.15, 0.2) is 0 Å². The van der Waals surface area contributed by atoms with Crippen molar-refractivity contribution in [3.05, 3.63) is 34.9 Å². The van der Waals surface area contributed by atoms with Crippen LogP contribution in [0.2, 0.25) is 0 Å². The molecular weight excluding hydrogens is 208 g/mol. The van der Waals surface area contributed by atoms with Gasteiger partial charge in [-0.2, -0.15) is 11.8 Å². The minimum Gasteiger partial charge on any atom is -0.481 e. The van der Waals surface area contributed by atoms with Gasteiger partial charge in [0.25, 0.3) is 0 Å². The third-order valence-corrected chi connectivity index (χ3v) is 3.34. The van der Waals surface area contributed by atoms with E-state index in [1.807, 2.05) is 0 Å². The van der Waals surface area contributed by atoms with Gasteiger partial charge in [0.1, 0.15) is 0 Å². The van der Waals surface area contributed by atoms with Crippen molar-refractivity contribution >= 4 is 17.7 Å². The zero-order valence-corrected chi connectivity index (χ0v) is 9.93. The molecule has 0 saturated heterocycles. The zero-order chi connectivity index (χ0) is 11.3. The van der Waals surface area contributed by atoms with Crippen LogP contribution in [0.3, 0.4) is 0 Å². The number of thioether (sulfide) groups is 1. The Labute approximate surface area is 94.7 Å². The Morgan fingerprint density at radius 2 is 1.93 bits per heavy atom. The molecule has 0 aliphatic carbocycles. The van der Waals surface area contributed by atoms with Crippen molar-refractivity contribution in [2.45, 2.75) is 26.0 Å². The number of carboxylic acids is 1. The van der Waals surface area contributed by atoms with E-state index in [2.05, 4.69) is 32.0 Å². The lowest BCUT2D eigenvalue weighted by molar-refractivity contribution is -0.136. The molecule has 0 aliphatic heterocycles. The number of carbonyl (C=O) groups is 1. The first-order valence-electron chi connectivity index (χ1n) is 4.96. The van der Waals surface area contributed by atoms with E-state index in [1.54, 1.807) is 11.8 Å². The van der Waals surface area contributed by atoms with E-state index >= 15 is 0 Å². The van der Waals surface area contributed by atoms with Crippen LogP contribution in [-0.2, 0) is 10.5 Å². The SMILES string of the molecule is Cc1cccc(C)c1CSCCC(=O)O. The van der Waals surface area contributed by atoms with Crippen LogP contribution < -0.4 is 0 Å². The largest absolute Gasteiger partial charge is 0.481 e. The van der Waals surface area contributed by atoms with Gasteiger partial charge in [-0.15, -0.1) is 0 Å². The third-order valence-electron chi connectivity index (χ3n) is 2.35. The van der Waals surface area contributed by atoms with Gasteiger partial charge in [0.2, 0.25) is 0 Å². The molecule has 0 bridgehead atoms.